The van der Waals surface area contributed by atoms with Crippen molar-refractivity contribution in [3.8, 4) is 0 Å². The van der Waals surface area contributed by atoms with Gasteiger partial charge in [-0.25, -0.2) is 8.42 Å². The molecule has 0 atom stereocenters. The summed E-state index contributed by atoms with van der Waals surface area (Å²) in [5, 5.41) is 2.75. The molecule has 0 saturated heterocycles. The van der Waals surface area contributed by atoms with E-state index in [0.29, 0.717) is 6.42 Å². The predicted molar refractivity (Wildman–Crippen MR) is 107 cm³/mol. The van der Waals surface area contributed by atoms with Crippen LogP contribution >= 0.6 is 0 Å². The van der Waals surface area contributed by atoms with Crippen LogP contribution in [0, 0.1) is 13.5 Å². The van der Waals surface area contributed by atoms with Gasteiger partial charge in [0.05, 0.1) is 11.4 Å². The lowest BCUT2D eigenvalue weighted by atomic mass is 10.1. The van der Waals surface area contributed by atoms with Gasteiger partial charge < -0.3 is 5.32 Å². The number of amides is 1. The van der Waals surface area contributed by atoms with E-state index in [1.54, 1.807) is 36.9 Å². The quantitative estimate of drug-likeness (QED) is 0.718. The van der Waals surface area contributed by atoms with Crippen molar-refractivity contribution < 1.29 is 13.2 Å². The molecule has 2 rings (SSSR count). The first kappa shape index (κ1) is 21.1. The summed E-state index contributed by atoms with van der Waals surface area (Å²) >= 11 is 0. The third-order valence-electron chi connectivity index (χ3n) is 4.21. The Labute approximate surface area is 162 Å². The third kappa shape index (κ3) is 6.19. The molecule has 1 amide bonds. The molecule has 0 spiro atoms. The number of hydrogen-bond donors (Lipinski definition) is 1. The number of aryl methyl sites for hydroxylation is 1. The van der Waals surface area contributed by atoms with E-state index < -0.39 is 10.0 Å². The number of carbonyl (C=O) groups excluding carboxylic acids is 1. The molecule has 0 aliphatic rings. The van der Waals surface area contributed by atoms with Gasteiger partial charge in [0.2, 0.25) is 15.9 Å². The van der Waals surface area contributed by atoms with Crippen molar-refractivity contribution in [3.63, 3.8) is 0 Å². The van der Waals surface area contributed by atoms with E-state index >= 15 is 0 Å². The van der Waals surface area contributed by atoms with Gasteiger partial charge in [-0.2, -0.15) is 4.31 Å². The number of nitrogens with zero attached hydrogens (tertiary/aromatic N) is 1. The predicted octanol–water partition coefficient (Wildman–Crippen LogP) is 3.30. The lowest BCUT2D eigenvalue weighted by molar-refractivity contribution is -0.120. The second-order valence-corrected chi connectivity index (χ2v) is 8.62. The van der Waals surface area contributed by atoms with Crippen LogP contribution in [-0.2, 0) is 21.2 Å². The summed E-state index contributed by atoms with van der Waals surface area (Å²) in [4.78, 5) is 12.4. The van der Waals surface area contributed by atoms with E-state index in [4.69, 9.17) is 0 Å². The first-order valence-electron chi connectivity index (χ1n) is 9.04. The zero-order valence-corrected chi connectivity index (χ0v) is 16.9. The highest BCUT2D eigenvalue weighted by molar-refractivity contribution is 7.89. The number of hydrogen-bond acceptors (Lipinski definition) is 3. The summed E-state index contributed by atoms with van der Waals surface area (Å²) in [6.07, 6.45) is 0.733. The van der Waals surface area contributed by atoms with Gasteiger partial charge in [0.1, 0.15) is 0 Å². The first-order valence-corrected chi connectivity index (χ1v) is 10.5. The van der Waals surface area contributed by atoms with E-state index in [0.717, 1.165) is 5.56 Å². The molecule has 1 radical (unpaired) electrons. The Balaban J connectivity index is 1.88. The fourth-order valence-corrected chi connectivity index (χ4v) is 4.33. The van der Waals surface area contributed by atoms with Crippen LogP contribution < -0.4 is 5.32 Å². The molecule has 5 nitrogen and oxygen atoms in total. The Morgan fingerprint density at radius 1 is 1.07 bits per heavy atom. The van der Waals surface area contributed by atoms with Crippen molar-refractivity contribution >= 4 is 15.9 Å². The maximum atomic E-state index is 12.8. The number of benzene rings is 2. The van der Waals surface area contributed by atoms with E-state index in [2.05, 4.69) is 5.32 Å². The Bertz CT molecular complexity index is 831. The molecule has 0 aliphatic carbocycles. The van der Waals surface area contributed by atoms with Crippen LogP contribution in [-0.4, -0.2) is 31.2 Å². The summed E-state index contributed by atoms with van der Waals surface area (Å²) in [6.45, 7) is 7.49. The third-order valence-corrected chi connectivity index (χ3v) is 6.30. The normalized spacial score (nSPS) is 11.7. The highest BCUT2D eigenvalue weighted by Crippen LogP contribution is 2.18. The van der Waals surface area contributed by atoms with Crippen LogP contribution in [0.15, 0.2) is 59.5 Å². The van der Waals surface area contributed by atoms with Crippen molar-refractivity contribution in [3.05, 3.63) is 72.3 Å². The summed E-state index contributed by atoms with van der Waals surface area (Å²) in [5.41, 5.74) is 2.30. The maximum absolute atomic E-state index is 12.8. The average Bonchev–Trinajstić information content (AvgIpc) is 2.64. The van der Waals surface area contributed by atoms with Crippen molar-refractivity contribution in [2.75, 3.05) is 6.54 Å². The molecule has 2 aromatic rings. The monoisotopic (exact) mass is 387 g/mol. The molecule has 0 fully saturated rings. The minimum atomic E-state index is -3.62. The molecule has 2 aromatic carbocycles. The fraction of sp³-hybridized carbons (Fsp3) is 0.333. The van der Waals surface area contributed by atoms with Gasteiger partial charge in [0.15, 0.2) is 0 Å². The largest absolute Gasteiger partial charge is 0.351 e. The summed E-state index contributed by atoms with van der Waals surface area (Å²) in [7, 11) is -3.62. The van der Waals surface area contributed by atoms with Gasteiger partial charge in [0.25, 0.3) is 0 Å². The Hall–Kier alpha value is -2.18. The molecule has 6 heteroatoms. The number of carbonyl (C=O) groups is 1. The van der Waals surface area contributed by atoms with E-state index in [1.807, 2.05) is 45.0 Å². The molecule has 0 aliphatic heterocycles. The summed E-state index contributed by atoms with van der Waals surface area (Å²) in [5.74, 6) is -0.198. The lowest BCUT2D eigenvalue weighted by Crippen LogP contribution is -2.39. The highest BCUT2D eigenvalue weighted by atomic mass is 32.2. The van der Waals surface area contributed by atoms with Crippen LogP contribution in [0.3, 0.4) is 0 Å². The first-order chi connectivity index (χ1) is 12.8. The molecule has 0 aromatic heterocycles. The van der Waals surface area contributed by atoms with Crippen LogP contribution in [0.5, 0.6) is 0 Å². The summed E-state index contributed by atoms with van der Waals surface area (Å²) in [6, 6.07) is 16.2. The Morgan fingerprint density at radius 2 is 1.70 bits per heavy atom. The molecular weight excluding hydrogens is 360 g/mol. The van der Waals surface area contributed by atoms with Gasteiger partial charge in [0, 0.05) is 19.0 Å². The van der Waals surface area contributed by atoms with Crippen molar-refractivity contribution in [2.24, 2.45) is 0 Å². The van der Waals surface area contributed by atoms with Crippen molar-refractivity contribution in [1.29, 1.82) is 0 Å². The van der Waals surface area contributed by atoms with E-state index in [1.165, 1.54) is 9.87 Å². The van der Waals surface area contributed by atoms with Gasteiger partial charge >= 0.3 is 0 Å². The van der Waals surface area contributed by atoms with E-state index in [-0.39, 0.29) is 29.8 Å². The maximum Gasteiger partial charge on any atom is 0.243 e. The zero-order valence-electron chi connectivity index (χ0n) is 16.1. The van der Waals surface area contributed by atoms with Gasteiger partial charge in [-0.05, 0) is 44.9 Å². The second kappa shape index (κ2) is 9.67. The van der Waals surface area contributed by atoms with Crippen LogP contribution in [0.25, 0.3) is 0 Å². The molecular formula is C21H27N2O3S. The molecule has 0 bridgehead atoms. The van der Waals surface area contributed by atoms with Gasteiger partial charge in [-0.1, -0.05) is 48.0 Å². The number of nitrogens with one attached hydrogen (secondary N) is 1. The lowest BCUT2D eigenvalue weighted by Gasteiger charge is -2.25. The van der Waals surface area contributed by atoms with Crippen LogP contribution in [0.2, 0.25) is 0 Å². The Morgan fingerprint density at radius 3 is 2.30 bits per heavy atom. The van der Waals surface area contributed by atoms with Crippen LogP contribution in [0.4, 0.5) is 0 Å². The fourth-order valence-electron chi connectivity index (χ4n) is 2.67. The molecule has 145 valence electrons. The molecule has 27 heavy (non-hydrogen) atoms. The Kier molecular flexibility index (Phi) is 7.56. The standard InChI is InChI=1S/C21H27N2O3S/c1-17(2)23(27(25,26)20-7-5-4-6-8-20)16-14-21(24)22-15-13-19-11-9-18(3)10-12-19/h4-12,15,17H,13-14,16H2,1-3H3,(H,22,24). The van der Waals surface area contributed by atoms with Gasteiger partial charge in [-0.3, -0.25) is 4.79 Å². The SMILES string of the molecule is Cc1ccc(C[CH]NC(=O)CCN(C(C)C)S(=O)(=O)c2ccccc2)cc1. The van der Waals surface area contributed by atoms with Crippen molar-refractivity contribution in [1.82, 2.24) is 9.62 Å². The van der Waals surface area contributed by atoms with Crippen LogP contribution in [0.1, 0.15) is 31.4 Å². The topological polar surface area (TPSA) is 66.5 Å². The van der Waals surface area contributed by atoms with Gasteiger partial charge in [-0.15, -0.1) is 0 Å². The minimum Gasteiger partial charge on any atom is -0.351 e. The zero-order chi connectivity index (χ0) is 19.9. The molecule has 0 unspecified atom stereocenters. The minimum absolute atomic E-state index is 0.106. The van der Waals surface area contributed by atoms with E-state index in [9.17, 15) is 13.2 Å². The number of rotatable bonds is 9. The van der Waals surface area contributed by atoms with Crippen molar-refractivity contribution in [2.45, 2.75) is 44.6 Å². The highest BCUT2D eigenvalue weighted by Gasteiger charge is 2.27. The molecule has 1 N–H and O–H groups in total. The average molecular weight is 388 g/mol. The molecule has 0 saturated carbocycles. The molecule has 0 heterocycles. The smallest absolute Gasteiger partial charge is 0.243 e. The second-order valence-electron chi connectivity index (χ2n) is 6.73. The summed E-state index contributed by atoms with van der Waals surface area (Å²) < 4.78 is 27.0. The number of sulfonamides is 1.